The van der Waals surface area contributed by atoms with Crippen molar-refractivity contribution < 1.29 is 0 Å². The van der Waals surface area contributed by atoms with Crippen molar-refractivity contribution in [2.45, 2.75) is 13.8 Å². The molecule has 0 saturated heterocycles. The van der Waals surface area contributed by atoms with Crippen molar-refractivity contribution in [3.05, 3.63) is 190 Å². The van der Waals surface area contributed by atoms with E-state index in [9.17, 15) is 0 Å². The van der Waals surface area contributed by atoms with Crippen molar-refractivity contribution in [3.8, 4) is 0 Å². The Kier molecular flexibility index (Phi) is 5.23. The van der Waals surface area contributed by atoms with E-state index in [-0.39, 0.29) is 0 Å². The van der Waals surface area contributed by atoms with Gasteiger partial charge in [-0.2, -0.15) is 0 Å². The molecule has 0 saturated carbocycles. The van der Waals surface area contributed by atoms with Crippen LogP contribution < -0.4 is 0 Å². The van der Waals surface area contributed by atoms with Gasteiger partial charge in [-0.15, -0.1) is 0 Å². The first kappa shape index (κ1) is 25.6. The summed E-state index contributed by atoms with van der Waals surface area (Å²) in [4.78, 5) is 0. The van der Waals surface area contributed by atoms with E-state index >= 15 is 0 Å². The topological polar surface area (TPSA) is 0 Å². The van der Waals surface area contributed by atoms with Crippen LogP contribution in [0.2, 0.25) is 0 Å². The number of fused-ring (bicyclic) bond motifs is 9. The molecule has 214 valence electrons. The highest BCUT2D eigenvalue weighted by atomic mass is 14.4. The number of rotatable bonds is 2. The molecular formula is C46H30. The lowest BCUT2D eigenvalue weighted by Crippen LogP contribution is -1.97. The lowest BCUT2D eigenvalue weighted by atomic mass is 9.85. The van der Waals surface area contributed by atoms with E-state index in [0.29, 0.717) is 0 Å². The number of allylic oxidation sites excluding steroid dienone is 2. The van der Waals surface area contributed by atoms with Gasteiger partial charge in [0.25, 0.3) is 0 Å². The van der Waals surface area contributed by atoms with E-state index in [1.165, 1.54) is 110 Å². The summed E-state index contributed by atoms with van der Waals surface area (Å²) < 4.78 is 0. The van der Waals surface area contributed by atoms with Gasteiger partial charge in [0.2, 0.25) is 0 Å². The van der Waals surface area contributed by atoms with Crippen LogP contribution in [-0.4, -0.2) is 0 Å². The molecule has 0 nitrogen and oxygen atoms in total. The van der Waals surface area contributed by atoms with Crippen LogP contribution in [0.3, 0.4) is 0 Å². The molecule has 0 aliphatic heterocycles. The molecule has 10 rings (SSSR count). The van der Waals surface area contributed by atoms with Gasteiger partial charge in [-0.3, -0.25) is 0 Å². The van der Waals surface area contributed by atoms with Gasteiger partial charge in [0.05, 0.1) is 0 Å². The van der Waals surface area contributed by atoms with Crippen LogP contribution in [0.15, 0.2) is 146 Å². The lowest BCUT2D eigenvalue weighted by Gasteiger charge is -2.18. The normalized spacial score (nSPS) is 13.7. The Balaban J connectivity index is 1.47. The minimum Gasteiger partial charge on any atom is -0.0616 e. The SMILES string of the molecule is Cc1ccc2c(c1)C(c1c3ccccc3cc3ccccc13)=C1C2=C(c2c3ccccc3cc3ccccc23)c2cc(C)ccc21. The van der Waals surface area contributed by atoms with Crippen LogP contribution in [0.1, 0.15) is 44.5 Å². The smallest absolute Gasteiger partial charge is 0.000718 e. The maximum absolute atomic E-state index is 2.42. The van der Waals surface area contributed by atoms with Crippen molar-refractivity contribution in [3.63, 3.8) is 0 Å². The third kappa shape index (κ3) is 3.44. The summed E-state index contributed by atoms with van der Waals surface area (Å²) in [7, 11) is 0. The summed E-state index contributed by atoms with van der Waals surface area (Å²) in [6, 6.07) is 54.6. The Morgan fingerprint density at radius 1 is 0.283 bits per heavy atom. The fraction of sp³-hybridized carbons (Fsp3) is 0.0435. The highest BCUT2D eigenvalue weighted by Crippen LogP contribution is 2.61. The third-order valence-electron chi connectivity index (χ3n) is 10.2. The molecule has 0 N–H and O–H groups in total. The van der Waals surface area contributed by atoms with Crippen LogP contribution in [0.5, 0.6) is 0 Å². The summed E-state index contributed by atoms with van der Waals surface area (Å²) >= 11 is 0. The standard InChI is InChI=1S/C46H30/c1-27-19-21-37-39(23-27)45(41-33-15-7-3-11-29(33)25-30-12-4-8-16-34(30)41)44-38-22-20-28(2)24-40(38)46(43(37)44)42-35-17-9-5-13-31(35)26-32-14-6-10-18-36(32)42/h3-26H,1-2H3. The number of aryl methyl sites for hydroxylation is 2. The van der Waals surface area contributed by atoms with E-state index in [0.717, 1.165) is 0 Å². The molecule has 46 heavy (non-hydrogen) atoms. The average molecular weight is 583 g/mol. The maximum Gasteiger partial charge on any atom is -0.000718 e. The minimum absolute atomic E-state index is 1.28. The van der Waals surface area contributed by atoms with Gasteiger partial charge in [0, 0.05) is 0 Å². The maximum atomic E-state index is 2.42. The van der Waals surface area contributed by atoms with Crippen molar-refractivity contribution in [1.29, 1.82) is 0 Å². The van der Waals surface area contributed by atoms with E-state index in [1.54, 1.807) is 0 Å². The van der Waals surface area contributed by atoms with Gasteiger partial charge in [0.1, 0.15) is 0 Å². The first-order valence-corrected chi connectivity index (χ1v) is 16.2. The van der Waals surface area contributed by atoms with Crippen molar-refractivity contribution in [1.82, 2.24) is 0 Å². The number of hydrogen-bond acceptors (Lipinski definition) is 0. The average Bonchev–Trinajstić information content (AvgIpc) is 3.57. The molecule has 8 aromatic rings. The first-order valence-electron chi connectivity index (χ1n) is 16.2. The quantitative estimate of drug-likeness (QED) is 0.178. The highest BCUT2D eigenvalue weighted by Gasteiger charge is 2.39. The molecule has 0 spiro atoms. The van der Waals surface area contributed by atoms with Gasteiger partial charge in [-0.1, -0.05) is 145 Å². The van der Waals surface area contributed by atoms with Crippen LogP contribution in [0.4, 0.5) is 0 Å². The van der Waals surface area contributed by atoms with E-state index in [2.05, 4.69) is 159 Å². The molecule has 0 heterocycles. The molecule has 0 unspecified atom stereocenters. The molecular weight excluding hydrogens is 553 g/mol. The third-order valence-corrected chi connectivity index (χ3v) is 10.2. The van der Waals surface area contributed by atoms with Gasteiger partial charge >= 0.3 is 0 Å². The van der Waals surface area contributed by atoms with Crippen LogP contribution >= 0.6 is 0 Å². The van der Waals surface area contributed by atoms with Gasteiger partial charge in [0.15, 0.2) is 0 Å². The Morgan fingerprint density at radius 3 is 0.957 bits per heavy atom. The zero-order valence-electron chi connectivity index (χ0n) is 25.9. The Labute approximate surface area is 268 Å². The van der Waals surface area contributed by atoms with Gasteiger partial charge in [-0.25, -0.2) is 0 Å². The second-order valence-corrected chi connectivity index (χ2v) is 13.0. The molecule has 0 aromatic heterocycles. The first-order chi connectivity index (χ1) is 22.7. The highest BCUT2D eigenvalue weighted by molar-refractivity contribution is 6.39. The Bertz CT molecular complexity index is 2400. The Morgan fingerprint density at radius 2 is 0.609 bits per heavy atom. The molecule has 0 radical (unpaired) electrons. The Hall–Kier alpha value is -5.72. The second kappa shape index (κ2) is 9.39. The predicted molar refractivity (Wildman–Crippen MR) is 197 cm³/mol. The molecule has 0 fully saturated rings. The van der Waals surface area contributed by atoms with Gasteiger partial charge < -0.3 is 0 Å². The van der Waals surface area contributed by atoms with E-state index in [1.807, 2.05) is 0 Å². The molecule has 2 aliphatic rings. The molecule has 0 bridgehead atoms. The minimum atomic E-state index is 1.28. The monoisotopic (exact) mass is 582 g/mol. The van der Waals surface area contributed by atoms with Crippen molar-refractivity contribution >= 4 is 65.4 Å². The van der Waals surface area contributed by atoms with E-state index in [4.69, 9.17) is 0 Å². The van der Waals surface area contributed by atoms with Crippen molar-refractivity contribution in [2.75, 3.05) is 0 Å². The summed E-state index contributed by atoms with van der Waals surface area (Å²) in [5.74, 6) is 0. The number of hydrogen-bond donors (Lipinski definition) is 0. The number of benzene rings is 8. The fourth-order valence-electron chi connectivity index (χ4n) is 8.31. The van der Waals surface area contributed by atoms with Gasteiger partial charge in [-0.05, 0) is 125 Å². The van der Waals surface area contributed by atoms with Crippen LogP contribution in [0, 0.1) is 13.8 Å². The summed E-state index contributed by atoms with van der Waals surface area (Å²) in [6.07, 6.45) is 0. The van der Waals surface area contributed by atoms with E-state index < -0.39 is 0 Å². The van der Waals surface area contributed by atoms with Crippen LogP contribution in [-0.2, 0) is 0 Å². The molecule has 0 amide bonds. The molecule has 0 heteroatoms. The molecule has 8 aromatic carbocycles. The lowest BCUT2D eigenvalue weighted by molar-refractivity contribution is 1.43. The van der Waals surface area contributed by atoms with Crippen LogP contribution in [0.25, 0.3) is 65.4 Å². The summed E-state index contributed by atoms with van der Waals surface area (Å²) in [5, 5.41) is 10.3. The zero-order chi connectivity index (χ0) is 30.5. The second-order valence-electron chi connectivity index (χ2n) is 13.0. The predicted octanol–water partition coefficient (Wildman–Crippen LogP) is 12.2. The van der Waals surface area contributed by atoms with Crippen molar-refractivity contribution in [2.24, 2.45) is 0 Å². The summed E-state index contributed by atoms with van der Waals surface area (Å²) in [5.41, 5.74) is 16.0. The molecule has 2 aliphatic carbocycles. The summed E-state index contributed by atoms with van der Waals surface area (Å²) in [6.45, 7) is 4.45. The fourth-order valence-corrected chi connectivity index (χ4v) is 8.31. The zero-order valence-corrected chi connectivity index (χ0v) is 25.9. The largest absolute Gasteiger partial charge is 0.0616 e. The molecule has 0 atom stereocenters.